The minimum atomic E-state index is -0.0366. The number of terminal acetylenes is 1. The van der Waals surface area contributed by atoms with Crippen LogP contribution in [0.2, 0.25) is 0 Å². The van der Waals surface area contributed by atoms with Gasteiger partial charge in [0, 0.05) is 5.56 Å². The average molecular weight is 156 g/mol. The van der Waals surface area contributed by atoms with Crippen molar-refractivity contribution in [3.8, 4) is 18.1 Å². The Morgan fingerprint density at radius 1 is 1.40 bits per heavy atom. The molecule has 1 rings (SSSR count). The van der Waals surface area contributed by atoms with Gasteiger partial charge in [-0.25, -0.2) is 0 Å². The molecule has 1 aromatic carbocycles. The van der Waals surface area contributed by atoms with E-state index in [1.807, 2.05) is 0 Å². The van der Waals surface area contributed by atoms with Gasteiger partial charge in [-0.15, -0.1) is 12.2 Å². The topological polar surface area (TPSA) is 23.1 Å². The molecule has 0 fully saturated rings. The zero-order valence-electron chi connectivity index (χ0n) is 5.79. The average Bonchev–Trinajstić information content (AvgIpc) is 1.88. The van der Waals surface area contributed by atoms with Crippen LogP contribution in [-0.4, -0.2) is 0 Å². The van der Waals surface area contributed by atoms with Crippen molar-refractivity contribution in [2.24, 2.45) is 0 Å². The van der Waals surface area contributed by atoms with Crippen LogP contribution in [-0.2, 0) is 0 Å². The SMILES string of the molecule is C#Cc1cccc([O-])c1.[K+]. The maximum Gasteiger partial charge on any atom is 1.00 e. The van der Waals surface area contributed by atoms with E-state index in [0.717, 1.165) is 0 Å². The van der Waals surface area contributed by atoms with Crippen molar-refractivity contribution in [1.29, 1.82) is 0 Å². The molecule has 0 spiro atoms. The number of rotatable bonds is 0. The second-order valence-corrected chi connectivity index (χ2v) is 1.67. The summed E-state index contributed by atoms with van der Waals surface area (Å²) in [7, 11) is 0. The van der Waals surface area contributed by atoms with E-state index in [1.165, 1.54) is 12.1 Å². The smallest absolute Gasteiger partial charge is 0.872 e. The quantitative estimate of drug-likeness (QED) is 0.307. The first-order chi connectivity index (χ1) is 4.33. The molecule has 0 atom stereocenters. The van der Waals surface area contributed by atoms with Gasteiger partial charge in [0.25, 0.3) is 0 Å². The van der Waals surface area contributed by atoms with Crippen molar-refractivity contribution in [1.82, 2.24) is 0 Å². The van der Waals surface area contributed by atoms with Gasteiger partial charge in [0.1, 0.15) is 0 Å². The van der Waals surface area contributed by atoms with Crippen LogP contribution in [0.25, 0.3) is 0 Å². The van der Waals surface area contributed by atoms with Crippen LogP contribution in [0.15, 0.2) is 24.3 Å². The number of hydrogen-bond donors (Lipinski definition) is 0. The Morgan fingerprint density at radius 2 is 2.10 bits per heavy atom. The van der Waals surface area contributed by atoms with Crippen LogP contribution in [0.1, 0.15) is 5.56 Å². The summed E-state index contributed by atoms with van der Waals surface area (Å²) in [6.45, 7) is 0. The fourth-order valence-corrected chi connectivity index (χ4v) is 0.586. The molecule has 0 saturated heterocycles. The van der Waals surface area contributed by atoms with Crippen molar-refractivity contribution in [2.45, 2.75) is 0 Å². The van der Waals surface area contributed by atoms with E-state index >= 15 is 0 Å². The first-order valence-electron chi connectivity index (χ1n) is 2.56. The van der Waals surface area contributed by atoms with E-state index in [0.29, 0.717) is 5.56 Å². The third-order valence-electron chi connectivity index (χ3n) is 1.00. The Balaban J connectivity index is 0.000000810. The van der Waals surface area contributed by atoms with Crippen molar-refractivity contribution >= 4 is 0 Å². The van der Waals surface area contributed by atoms with Crippen LogP contribution in [0.4, 0.5) is 0 Å². The minimum absolute atomic E-state index is 0. The molecule has 44 valence electrons. The Morgan fingerprint density at radius 3 is 2.50 bits per heavy atom. The summed E-state index contributed by atoms with van der Waals surface area (Å²) in [5, 5.41) is 10.6. The van der Waals surface area contributed by atoms with Crippen LogP contribution < -0.4 is 56.5 Å². The van der Waals surface area contributed by atoms with Crippen molar-refractivity contribution in [2.75, 3.05) is 0 Å². The van der Waals surface area contributed by atoms with Crippen molar-refractivity contribution < 1.29 is 56.5 Å². The molecule has 0 aliphatic carbocycles. The van der Waals surface area contributed by atoms with Gasteiger partial charge in [-0.3, -0.25) is 0 Å². The van der Waals surface area contributed by atoms with Gasteiger partial charge in [0.2, 0.25) is 0 Å². The van der Waals surface area contributed by atoms with Gasteiger partial charge in [0.05, 0.1) is 0 Å². The van der Waals surface area contributed by atoms with Crippen LogP contribution in [0.3, 0.4) is 0 Å². The summed E-state index contributed by atoms with van der Waals surface area (Å²) in [5.41, 5.74) is 0.641. The van der Waals surface area contributed by atoms with Gasteiger partial charge >= 0.3 is 51.4 Å². The van der Waals surface area contributed by atoms with E-state index in [4.69, 9.17) is 6.42 Å². The van der Waals surface area contributed by atoms with Gasteiger partial charge in [0.15, 0.2) is 0 Å². The van der Waals surface area contributed by atoms with E-state index in [1.54, 1.807) is 12.1 Å². The van der Waals surface area contributed by atoms with E-state index in [2.05, 4.69) is 5.92 Å². The third kappa shape index (κ3) is 2.87. The molecule has 0 aromatic heterocycles. The Labute approximate surface area is 103 Å². The molecule has 0 aliphatic heterocycles. The summed E-state index contributed by atoms with van der Waals surface area (Å²) in [5.74, 6) is 2.33. The molecule has 1 aromatic rings. The molecule has 0 amide bonds. The molecule has 0 heterocycles. The first-order valence-corrected chi connectivity index (χ1v) is 2.56. The second-order valence-electron chi connectivity index (χ2n) is 1.67. The van der Waals surface area contributed by atoms with E-state index in [9.17, 15) is 5.11 Å². The molecule has 0 saturated carbocycles. The maximum absolute atomic E-state index is 10.6. The predicted molar refractivity (Wildman–Crippen MR) is 33.8 cm³/mol. The summed E-state index contributed by atoms with van der Waals surface area (Å²) in [6.07, 6.45) is 5.03. The second kappa shape index (κ2) is 4.95. The monoisotopic (exact) mass is 156 g/mol. The summed E-state index contributed by atoms with van der Waals surface area (Å²) in [4.78, 5) is 0. The normalized spacial score (nSPS) is 7.50. The molecule has 1 nitrogen and oxygen atoms in total. The van der Waals surface area contributed by atoms with Crippen molar-refractivity contribution in [3.05, 3.63) is 29.8 Å². The van der Waals surface area contributed by atoms with Crippen LogP contribution in [0, 0.1) is 12.3 Å². The summed E-state index contributed by atoms with van der Waals surface area (Å²) in [6, 6.07) is 6.28. The molecule has 0 bridgehead atoms. The Bertz CT molecular complexity index is 250. The standard InChI is InChI=1S/C8H6O.K/c1-2-7-4-3-5-8(9)6-7;/h1,3-6,9H;/q;+1/p-1. The van der Waals surface area contributed by atoms with E-state index < -0.39 is 0 Å². The van der Waals surface area contributed by atoms with Crippen molar-refractivity contribution in [3.63, 3.8) is 0 Å². The molecule has 0 radical (unpaired) electrons. The molecular weight excluding hydrogens is 151 g/mol. The first kappa shape index (κ1) is 10.2. The summed E-state index contributed by atoms with van der Waals surface area (Å²) >= 11 is 0. The predicted octanol–water partition coefficient (Wildman–Crippen LogP) is -2.25. The van der Waals surface area contributed by atoms with Crippen LogP contribution in [0.5, 0.6) is 5.75 Å². The molecular formula is C8H5KO. The van der Waals surface area contributed by atoms with E-state index in [-0.39, 0.29) is 57.1 Å². The maximum atomic E-state index is 10.6. The number of benzene rings is 1. The van der Waals surface area contributed by atoms with Gasteiger partial charge in [-0.1, -0.05) is 24.1 Å². The van der Waals surface area contributed by atoms with Gasteiger partial charge in [-0.2, -0.15) is 0 Å². The molecule has 10 heavy (non-hydrogen) atoms. The zero-order chi connectivity index (χ0) is 6.69. The third-order valence-corrected chi connectivity index (χ3v) is 1.00. The summed E-state index contributed by atoms with van der Waals surface area (Å²) < 4.78 is 0. The zero-order valence-corrected chi connectivity index (χ0v) is 8.92. The largest absolute Gasteiger partial charge is 1.00 e. The fourth-order valence-electron chi connectivity index (χ4n) is 0.586. The Hall–Kier alpha value is 0.216. The molecule has 2 heteroatoms. The number of hydrogen-bond acceptors (Lipinski definition) is 1. The molecule has 0 N–H and O–H groups in total. The van der Waals surface area contributed by atoms with Gasteiger partial charge < -0.3 is 5.11 Å². The Kier molecular flexibility index (Phi) is 5.05. The molecule has 0 aliphatic rings. The van der Waals surface area contributed by atoms with Gasteiger partial charge in [-0.05, 0) is 6.07 Å². The fraction of sp³-hybridized carbons (Fsp3) is 0. The molecule has 0 unspecified atom stereocenters. The van der Waals surface area contributed by atoms with Crippen LogP contribution >= 0.6 is 0 Å². The minimum Gasteiger partial charge on any atom is -0.872 e.